The van der Waals surface area contributed by atoms with Gasteiger partial charge in [0.2, 0.25) is 0 Å². The van der Waals surface area contributed by atoms with Crippen LogP contribution in [0.3, 0.4) is 0 Å². The average Bonchev–Trinajstić information content (AvgIpc) is 3.32. The minimum absolute atomic E-state index is 0.351. The minimum atomic E-state index is -5.08. The Labute approximate surface area is 287 Å². The van der Waals surface area contributed by atoms with E-state index in [1.165, 1.54) is 17.3 Å². The molecule has 1 atom stereocenters. The van der Waals surface area contributed by atoms with Crippen LogP contribution >= 0.6 is 0 Å². The number of hydrogen-bond donors (Lipinski definition) is 2. The first kappa shape index (κ1) is 35.8. The molecule has 1 aliphatic heterocycles. The molecule has 0 saturated carbocycles. The summed E-state index contributed by atoms with van der Waals surface area (Å²) in [5, 5.41) is 5.58. The number of nitrogens with zero attached hydrogens (tertiary/aromatic N) is 3. The van der Waals surface area contributed by atoms with Crippen LogP contribution in [-0.2, 0) is 20.3 Å². The summed E-state index contributed by atoms with van der Waals surface area (Å²) in [5.41, 5.74) is 2.92. The summed E-state index contributed by atoms with van der Waals surface area (Å²) < 4.78 is 67.9. The molecule has 0 radical (unpaired) electrons. The average molecular weight is 704 g/mol. The number of alkyl halides is 3. The van der Waals surface area contributed by atoms with E-state index >= 15 is 0 Å². The normalized spacial score (nSPS) is 16.0. The highest BCUT2D eigenvalue weighted by Crippen LogP contribution is 2.47. The monoisotopic (exact) mass is 703 g/mol. The summed E-state index contributed by atoms with van der Waals surface area (Å²) >= 11 is 0. The fourth-order valence-corrected chi connectivity index (χ4v) is 7.81. The third-order valence-electron chi connectivity index (χ3n) is 8.46. The van der Waals surface area contributed by atoms with E-state index in [0.717, 1.165) is 27.2 Å². The van der Waals surface area contributed by atoms with Crippen LogP contribution in [0, 0.1) is 0 Å². The lowest BCUT2D eigenvalue weighted by molar-refractivity contribution is -0.192. The van der Waals surface area contributed by atoms with Gasteiger partial charge in [-0.05, 0) is 60.4 Å². The first-order valence-corrected chi connectivity index (χ1v) is 16.7. The highest BCUT2D eigenvalue weighted by atomic mass is 32.2. The number of carbonyl (C=O) groups excluding carboxylic acids is 1. The van der Waals surface area contributed by atoms with E-state index in [9.17, 15) is 30.9 Å². The Morgan fingerprint density at radius 1 is 0.700 bits per heavy atom. The van der Waals surface area contributed by atoms with E-state index < -0.39 is 44.6 Å². The van der Waals surface area contributed by atoms with Crippen molar-refractivity contribution in [2.45, 2.75) is 36.4 Å². The molecule has 2 N–H and O–H groups in total. The number of amides is 2. The Morgan fingerprint density at radius 2 is 1.08 bits per heavy atom. The second kappa shape index (κ2) is 13.8. The molecule has 0 bridgehead atoms. The number of anilines is 2. The summed E-state index contributed by atoms with van der Waals surface area (Å²) in [6, 6.07) is 40.7. The van der Waals surface area contributed by atoms with Gasteiger partial charge < -0.3 is 5.11 Å². The Morgan fingerprint density at radius 3 is 1.44 bits per heavy atom. The minimum Gasteiger partial charge on any atom is -0.475 e. The number of aliphatic carboxylic acids is 1. The third kappa shape index (κ3) is 6.69. The molecule has 0 spiro atoms. The Hall–Kier alpha value is -5.53. The van der Waals surface area contributed by atoms with E-state index in [4.69, 9.17) is 9.90 Å². The van der Waals surface area contributed by atoms with Gasteiger partial charge in [0.1, 0.15) is 0 Å². The van der Waals surface area contributed by atoms with E-state index in [-0.39, 0.29) is 0 Å². The highest BCUT2D eigenvalue weighted by Gasteiger charge is 2.58. The van der Waals surface area contributed by atoms with Gasteiger partial charge in [0.15, 0.2) is 5.37 Å². The van der Waals surface area contributed by atoms with Crippen LogP contribution in [0.2, 0.25) is 0 Å². The lowest BCUT2D eigenvalue weighted by atomic mass is 9.65. The predicted octanol–water partition coefficient (Wildman–Crippen LogP) is 7.54. The molecule has 1 fully saturated rings. The Balaban J connectivity index is 0.000000630. The van der Waals surface area contributed by atoms with Gasteiger partial charge in [-0.15, -0.1) is 0 Å². The molecule has 5 aromatic rings. The summed E-state index contributed by atoms with van der Waals surface area (Å²) in [5.74, 6) is -2.76. The number of urea groups is 1. The second-order valence-electron chi connectivity index (χ2n) is 11.9. The lowest BCUT2D eigenvalue weighted by Gasteiger charge is -2.37. The Bertz CT molecular complexity index is 1950. The summed E-state index contributed by atoms with van der Waals surface area (Å²) in [4.78, 5) is 29.5. The maximum atomic E-state index is 14.0. The van der Waals surface area contributed by atoms with Crippen LogP contribution in [-0.4, -0.2) is 52.2 Å². The van der Waals surface area contributed by atoms with Gasteiger partial charge in [0.05, 0.1) is 11.0 Å². The number of halogens is 3. The van der Waals surface area contributed by atoms with Crippen LogP contribution in [0.15, 0.2) is 140 Å². The number of carboxylic acids is 1. The molecule has 2 amide bonds. The molecule has 258 valence electrons. The van der Waals surface area contributed by atoms with Crippen molar-refractivity contribution in [1.29, 1.82) is 0 Å². The third-order valence-corrected chi connectivity index (χ3v) is 9.81. The number of carbonyl (C=O) groups is 2. The van der Waals surface area contributed by atoms with Crippen molar-refractivity contribution in [1.82, 2.24) is 4.98 Å². The standard InChI is InChI=1S/C35H31N3O4S.C2HF3O2/c1-34(2)32(43(40,41)42)37(33(39)38(34)31-22-24-36-25-23-31)30-20-18-29(19-21-30)35(26-12-6-3-7-13-26,27-14-8-4-9-15-27)28-16-10-5-11-17-28;3-2(4,5)1(6)7/h3-25,32H,1-2H3,(H,40,41,42);(H,6,7). The van der Waals surface area contributed by atoms with Gasteiger partial charge in [-0.3, -0.25) is 19.3 Å². The molecular formula is C37H32F3N3O6S. The largest absolute Gasteiger partial charge is 0.490 e. The van der Waals surface area contributed by atoms with Gasteiger partial charge >= 0.3 is 18.2 Å². The topological polar surface area (TPSA) is 128 Å². The smallest absolute Gasteiger partial charge is 0.475 e. The van der Waals surface area contributed by atoms with E-state index in [1.807, 2.05) is 66.7 Å². The van der Waals surface area contributed by atoms with Crippen LogP contribution < -0.4 is 9.80 Å². The summed E-state index contributed by atoms with van der Waals surface area (Å²) in [6.45, 7) is 3.26. The van der Waals surface area contributed by atoms with E-state index in [2.05, 4.69) is 41.4 Å². The predicted molar refractivity (Wildman–Crippen MR) is 182 cm³/mol. The number of carboxylic acid groups (broad SMARTS) is 1. The number of pyridine rings is 1. The van der Waals surface area contributed by atoms with Crippen molar-refractivity contribution in [2.75, 3.05) is 9.80 Å². The van der Waals surface area contributed by atoms with Gasteiger partial charge in [-0.2, -0.15) is 21.6 Å². The number of rotatable bonds is 7. The van der Waals surface area contributed by atoms with Crippen molar-refractivity contribution in [3.8, 4) is 0 Å². The number of hydrogen-bond acceptors (Lipinski definition) is 5. The lowest BCUT2D eigenvalue weighted by Crippen LogP contribution is -2.51. The van der Waals surface area contributed by atoms with Crippen molar-refractivity contribution in [2.24, 2.45) is 0 Å². The molecule has 2 heterocycles. The quantitative estimate of drug-likeness (QED) is 0.132. The van der Waals surface area contributed by atoms with Crippen molar-refractivity contribution in [3.05, 3.63) is 162 Å². The number of aromatic nitrogens is 1. The molecule has 50 heavy (non-hydrogen) atoms. The van der Waals surface area contributed by atoms with Crippen molar-refractivity contribution >= 4 is 33.5 Å². The zero-order valence-electron chi connectivity index (χ0n) is 26.8. The van der Waals surface area contributed by atoms with E-state index in [0.29, 0.717) is 11.4 Å². The molecule has 1 aromatic heterocycles. The summed E-state index contributed by atoms with van der Waals surface area (Å²) in [7, 11) is -4.70. The molecule has 1 aliphatic rings. The fourth-order valence-electron chi connectivity index (χ4n) is 6.50. The fraction of sp³-hybridized carbons (Fsp3) is 0.162. The molecule has 13 heteroatoms. The van der Waals surface area contributed by atoms with E-state index in [1.54, 1.807) is 38.1 Å². The molecule has 1 unspecified atom stereocenters. The van der Waals surface area contributed by atoms with Crippen LogP contribution in [0.25, 0.3) is 0 Å². The van der Waals surface area contributed by atoms with Gasteiger partial charge in [0.25, 0.3) is 10.1 Å². The van der Waals surface area contributed by atoms with Gasteiger partial charge in [-0.1, -0.05) is 103 Å². The molecule has 6 rings (SSSR count). The first-order valence-electron chi connectivity index (χ1n) is 15.2. The maximum Gasteiger partial charge on any atom is 0.490 e. The van der Waals surface area contributed by atoms with Crippen LogP contribution in [0.4, 0.5) is 29.3 Å². The molecular weight excluding hydrogens is 671 g/mol. The zero-order chi connectivity index (χ0) is 36.3. The van der Waals surface area contributed by atoms with Crippen molar-refractivity contribution < 1.29 is 40.8 Å². The highest BCUT2D eigenvalue weighted by molar-refractivity contribution is 7.86. The van der Waals surface area contributed by atoms with Crippen molar-refractivity contribution in [3.63, 3.8) is 0 Å². The second-order valence-corrected chi connectivity index (χ2v) is 13.4. The van der Waals surface area contributed by atoms with Crippen LogP contribution in [0.5, 0.6) is 0 Å². The zero-order valence-corrected chi connectivity index (χ0v) is 27.6. The molecule has 1 saturated heterocycles. The van der Waals surface area contributed by atoms with Crippen LogP contribution in [0.1, 0.15) is 36.1 Å². The van der Waals surface area contributed by atoms with Gasteiger partial charge in [-0.25, -0.2) is 9.59 Å². The SMILES string of the molecule is CC1(C)C(S(=O)(=O)O)N(c2ccc(C(c3ccccc3)(c3ccccc3)c3ccccc3)cc2)C(=O)N1c1ccncc1.O=C(O)C(F)(F)F. The molecule has 9 nitrogen and oxygen atoms in total. The Kier molecular flexibility index (Phi) is 9.85. The first-order chi connectivity index (χ1) is 23.6. The maximum absolute atomic E-state index is 14.0. The number of benzene rings is 4. The summed E-state index contributed by atoms with van der Waals surface area (Å²) in [6.07, 6.45) is -2.01. The molecule has 0 aliphatic carbocycles. The molecule has 4 aromatic carbocycles. The van der Waals surface area contributed by atoms with Gasteiger partial charge in [0, 0.05) is 23.8 Å².